The van der Waals surface area contributed by atoms with E-state index in [9.17, 15) is 20.0 Å². The van der Waals surface area contributed by atoms with Crippen molar-refractivity contribution in [3.63, 3.8) is 0 Å². The number of piperazine rings is 1. The lowest BCUT2D eigenvalue weighted by Gasteiger charge is -2.41. The second-order valence-electron chi connectivity index (χ2n) is 12.1. The Morgan fingerprint density at radius 1 is 0.872 bits per heavy atom. The number of rotatable bonds is 10. The van der Waals surface area contributed by atoms with Crippen LogP contribution in [0.2, 0.25) is 0 Å². The third-order valence-electron chi connectivity index (χ3n) is 8.84. The van der Waals surface area contributed by atoms with E-state index in [1.807, 2.05) is 60.7 Å². The maximum atomic E-state index is 11.4. The zero-order valence-corrected chi connectivity index (χ0v) is 26.5. The molecule has 0 aliphatic carbocycles. The molecule has 0 saturated carbocycles. The molecule has 0 spiro atoms. The summed E-state index contributed by atoms with van der Waals surface area (Å²) in [6, 6.07) is 31.0. The van der Waals surface area contributed by atoms with Gasteiger partial charge in [0, 0.05) is 76.0 Å². The average molecular weight is 637 g/mol. The lowest BCUT2D eigenvalue weighted by atomic mass is 9.98. The van der Waals surface area contributed by atoms with Gasteiger partial charge in [-0.1, -0.05) is 60.7 Å². The van der Waals surface area contributed by atoms with Crippen LogP contribution in [-0.2, 0) is 27.4 Å². The first kappa shape index (κ1) is 32.3. The number of carbonyl (C=O) groups excluding carboxylic acids is 1. The van der Waals surface area contributed by atoms with Gasteiger partial charge in [-0.3, -0.25) is 19.8 Å². The van der Waals surface area contributed by atoms with Crippen molar-refractivity contribution in [1.29, 1.82) is 0 Å². The molecule has 2 aliphatic rings. The second-order valence-corrected chi connectivity index (χ2v) is 12.1. The quantitative estimate of drug-likeness (QED) is 0.167. The van der Waals surface area contributed by atoms with Crippen molar-refractivity contribution < 1.29 is 24.3 Å². The Morgan fingerprint density at radius 3 is 2.26 bits per heavy atom. The maximum Gasteiger partial charge on any atom is 0.269 e. The number of nitrogens with zero attached hydrogens (tertiary/aromatic N) is 3. The van der Waals surface area contributed by atoms with Gasteiger partial charge in [-0.2, -0.15) is 0 Å². The van der Waals surface area contributed by atoms with Crippen LogP contribution in [0.1, 0.15) is 48.0 Å². The standard InChI is InChI=1S/C37H40N4O6/c1-26(43)38-23-28-4-2-5-30(20-28)31-6-3-7-32(21-31)37-46-35(22-36(47-37)29-10-8-27(25-42)9-11-29)24-39-16-18-40(19-17-39)33-12-14-34(15-13-33)41(44)45/h2-15,20-21,35-37,42H,16-19,22-25H2,1H3,(H,38,43)/t35-,36+,37+/m0/s1. The van der Waals surface area contributed by atoms with E-state index in [2.05, 4.69) is 39.4 Å². The molecule has 2 aliphatic heterocycles. The number of hydrogen-bond acceptors (Lipinski definition) is 8. The number of aliphatic hydroxyl groups is 1. The third kappa shape index (κ3) is 8.22. The van der Waals surface area contributed by atoms with Crippen molar-refractivity contribution in [2.45, 2.75) is 45.0 Å². The smallest absolute Gasteiger partial charge is 0.269 e. The SMILES string of the molecule is CC(=O)NCc1cccc(-c2cccc([C@@H]3O[C@H](CN4CCN(c5ccc([N+](=O)[O-])cc5)CC4)C[C@H](c4ccc(CO)cc4)O3)c2)c1. The van der Waals surface area contributed by atoms with Crippen molar-refractivity contribution in [2.24, 2.45) is 0 Å². The van der Waals surface area contributed by atoms with Crippen molar-refractivity contribution in [3.8, 4) is 11.1 Å². The third-order valence-corrected chi connectivity index (χ3v) is 8.84. The molecule has 0 bridgehead atoms. The Kier molecular flexibility index (Phi) is 10.2. The number of benzene rings is 4. The number of aliphatic hydroxyl groups excluding tert-OH is 1. The summed E-state index contributed by atoms with van der Waals surface area (Å²) in [5, 5.41) is 23.5. The first-order valence-corrected chi connectivity index (χ1v) is 16.0. The van der Waals surface area contributed by atoms with E-state index < -0.39 is 6.29 Å². The first-order chi connectivity index (χ1) is 22.8. The minimum atomic E-state index is -0.569. The molecule has 10 heteroatoms. The fraction of sp³-hybridized carbons (Fsp3) is 0.324. The predicted molar refractivity (Wildman–Crippen MR) is 180 cm³/mol. The minimum Gasteiger partial charge on any atom is -0.392 e. The van der Waals surface area contributed by atoms with E-state index in [0.717, 1.165) is 71.8 Å². The molecule has 2 saturated heterocycles. The molecule has 0 radical (unpaired) electrons. The summed E-state index contributed by atoms with van der Waals surface area (Å²) >= 11 is 0. The summed E-state index contributed by atoms with van der Waals surface area (Å²) in [6.45, 7) is 6.07. The van der Waals surface area contributed by atoms with E-state index in [1.165, 1.54) is 6.92 Å². The van der Waals surface area contributed by atoms with Crippen LogP contribution in [0.25, 0.3) is 11.1 Å². The van der Waals surface area contributed by atoms with Crippen LogP contribution in [0, 0.1) is 10.1 Å². The second kappa shape index (κ2) is 14.9. The van der Waals surface area contributed by atoms with Gasteiger partial charge >= 0.3 is 0 Å². The number of non-ortho nitro benzene ring substituents is 1. The molecule has 4 aromatic carbocycles. The lowest BCUT2D eigenvalue weighted by molar-refractivity contribution is -0.384. The van der Waals surface area contributed by atoms with Crippen molar-refractivity contribution in [2.75, 3.05) is 37.6 Å². The van der Waals surface area contributed by atoms with E-state index in [4.69, 9.17) is 9.47 Å². The van der Waals surface area contributed by atoms with Crippen LogP contribution in [0.15, 0.2) is 97.1 Å². The fourth-order valence-electron chi connectivity index (χ4n) is 6.25. The number of carbonyl (C=O) groups is 1. The average Bonchev–Trinajstić information content (AvgIpc) is 3.11. The molecule has 244 valence electrons. The Balaban J connectivity index is 1.17. The molecule has 6 rings (SSSR count). The zero-order valence-electron chi connectivity index (χ0n) is 26.5. The van der Waals surface area contributed by atoms with E-state index in [0.29, 0.717) is 13.0 Å². The highest BCUT2D eigenvalue weighted by Gasteiger charge is 2.34. The maximum absolute atomic E-state index is 11.4. The van der Waals surface area contributed by atoms with Crippen LogP contribution in [-0.4, -0.2) is 59.7 Å². The highest BCUT2D eigenvalue weighted by atomic mass is 16.7. The molecule has 4 aromatic rings. The molecule has 47 heavy (non-hydrogen) atoms. The summed E-state index contributed by atoms with van der Waals surface area (Å²) in [6.07, 6.45) is -0.132. The number of amides is 1. The lowest BCUT2D eigenvalue weighted by Crippen LogP contribution is -2.49. The van der Waals surface area contributed by atoms with E-state index in [-0.39, 0.29) is 35.3 Å². The van der Waals surface area contributed by atoms with E-state index >= 15 is 0 Å². The zero-order chi connectivity index (χ0) is 32.8. The Bertz CT molecular complexity index is 1670. The van der Waals surface area contributed by atoms with Gasteiger partial charge in [0.05, 0.1) is 23.7 Å². The molecule has 0 unspecified atom stereocenters. The normalized spacial score (nSPS) is 20.1. The van der Waals surface area contributed by atoms with Crippen LogP contribution < -0.4 is 10.2 Å². The van der Waals surface area contributed by atoms with Crippen molar-refractivity contribution >= 4 is 17.3 Å². The summed E-state index contributed by atoms with van der Waals surface area (Å²) in [5.41, 5.74) is 7.02. The van der Waals surface area contributed by atoms with E-state index in [1.54, 1.807) is 12.1 Å². The number of anilines is 1. The number of nitro groups is 1. The van der Waals surface area contributed by atoms with Crippen LogP contribution in [0.4, 0.5) is 11.4 Å². The van der Waals surface area contributed by atoms with Crippen molar-refractivity contribution in [1.82, 2.24) is 10.2 Å². The fourth-order valence-corrected chi connectivity index (χ4v) is 6.25. The molecular formula is C37H40N4O6. The Morgan fingerprint density at radius 2 is 1.57 bits per heavy atom. The van der Waals surface area contributed by atoms with Gasteiger partial charge in [-0.25, -0.2) is 0 Å². The van der Waals surface area contributed by atoms with Gasteiger partial charge in [0.1, 0.15) is 0 Å². The number of nitrogens with one attached hydrogen (secondary N) is 1. The highest BCUT2D eigenvalue weighted by Crippen LogP contribution is 2.39. The summed E-state index contributed by atoms with van der Waals surface area (Å²) < 4.78 is 13.3. The van der Waals surface area contributed by atoms with Crippen molar-refractivity contribution in [3.05, 3.63) is 129 Å². The first-order valence-electron chi connectivity index (χ1n) is 16.0. The molecule has 2 N–H and O–H groups in total. The molecular weight excluding hydrogens is 596 g/mol. The van der Waals surface area contributed by atoms with Gasteiger partial charge in [0.2, 0.25) is 5.91 Å². The van der Waals surface area contributed by atoms with Crippen LogP contribution in [0.5, 0.6) is 0 Å². The van der Waals surface area contributed by atoms with Crippen LogP contribution >= 0.6 is 0 Å². The summed E-state index contributed by atoms with van der Waals surface area (Å²) in [4.78, 5) is 26.8. The number of hydrogen-bond donors (Lipinski definition) is 2. The van der Waals surface area contributed by atoms with Gasteiger partial charge in [-0.15, -0.1) is 0 Å². The molecule has 3 atom stereocenters. The van der Waals surface area contributed by atoms with Gasteiger partial charge < -0.3 is 24.8 Å². The predicted octanol–water partition coefficient (Wildman–Crippen LogP) is 5.76. The Hall–Kier alpha value is -4.61. The molecule has 2 fully saturated rings. The van der Waals surface area contributed by atoms with Crippen LogP contribution in [0.3, 0.4) is 0 Å². The topological polar surface area (TPSA) is 117 Å². The van der Waals surface area contributed by atoms with Gasteiger partial charge in [-0.05, 0) is 52.1 Å². The number of nitro benzene ring substituents is 1. The molecule has 1 amide bonds. The highest BCUT2D eigenvalue weighted by molar-refractivity contribution is 5.73. The van der Waals surface area contributed by atoms with Gasteiger partial charge in [0.15, 0.2) is 6.29 Å². The largest absolute Gasteiger partial charge is 0.392 e. The Labute approximate surface area is 274 Å². The minimum absolute atomic E-state index is 0.00910. The summed E-state index contributed by atoms with van der Waals surface area (Å²) in [5.74, 6) is -0.0644. The summed E-state index contributed by atoms with van der Waals surface area (Å²) in [7, 11) is 0. The molecule has 10 nitrogen and oxygen atoms in total. The van der Waals surface area contributed by atoms with Gasteiger partial charge in [0.25, 0.3) is 5.69 Å². The molecule has 2 heterocycles. The molecule has 0 aromatic heterocycles. The monoisotopic (exact) mass is 636 g/mol. The number of ether oxygens (including phenoxy) is 2.